The van der Waals surface area contributed by atoms with Gasteiger partial charge in [-0.3, -0.25) is 0 Å². The van der Waals surface area contributed by atoms with Crippen molar-refractivity contribution in [2.75, 3.05) is 13.2 Å². The highest BCUT2D eigenvalue weighted by molar-refractivity contribution is 9.39. The molecule has 0 spiro atoms. The smallest absolute Gasteiger partial charge is 0.219 e. The Kier molecular flexibility index (Phi) is 9.27. The zero-order valence-corrected chi connectivity index (χ0v) is 19.1. The summed E-state index contributed by atoms with van der Waals surface area (Å²) in [6, 6.07) is 5.23. The number of hydrogen-bond donors (Lipinski definition) is 0. The molecule has 2 nitrogen and oxygen atoms in total. The SMILES string of the molecule is CCCCOP(=S)(OCC(Br)(Br)Br)c1ccc(Cl)c(Cl)c1. The number of halogens is 5. The highest BCUT2D eigenvalue weighted by atomic mass is 80.0. The summed E-state index contributed by atoms with van der Waals surface area (Å²) < 4.78 is 11.2. The molecule has 0 saturated carbocycles. The molecular formula is C12H14Br3Cl2O2PS. The second-order valence-corrected chi connectivity index (χ2v) is 15.7. The second kappa shape index (κ2) is 9.33. The largest absolute Gasteiger partial charge is 0.326 e. The summed E-state index contributed by atoms with van der Waals surface area (Å²) in [4.78, 5) is 0. The van der Waals surface area contributed by atoms with Crippen LogP contribution in [0.1, 0.15) is 19.8 Å². The van der Waals surface area contributed by atoms with E-state index in [-0.39, 0.29) is 6.61 Å². The van der Waals surface area contributed by atoms with Gasteiger partial charge in [0.15, 0.2) is 2.14 Å². The number of benzene rings is 1. The van der Waals surface area contributed by atoms with E-state index in [1.54, 1.807) is 18.2 Å². The van der Waals surface area contributed by atoms with Crippen molar-refractivity contribution in [2.45, 2.75) is 21.9 Å². The molecule has 9 heteroatoms. The van der Waals surface area contributed by atoms with Gasteiger partial charge in [0.25, 0.3) is 0 Å². The molecule has 1 rings (SSSR count). The van der Waals surface area contributed by atoms with Gasteiger partial charge in [-0.25, -0.2) is 0 Å². The minimum Gasteiger partial charge on any atom is -0.326 e. The fourth-order valence-electron chi connectivity index (χ4n) is 1.33. The van der Waals surface area contributed by atoms with E-state index in [0.717, 1.165) is 18.1 Å². The van der Waals surface area contributed by atoms with Crippen LogP contribution in [0.5, 0.6) is 0 Å². The van der Waals surface area contributed by atoms with Gasteiger partial charge < -0.3 is 9.05 Å². The Morgan fingerprint density at radius 2 is 1.86 bits per heavy atom. The van der Waals surface area contributed by atoms with Crippen LogP contribution in [0.3, 0.4) is 0 Å². The molecule has 0 N–H and O–H groups in total. The van der Waals surface area contributed by atoms with Crippen LogP contribution < -0.4 is 5.30 Å². The van der Waals surface area contributed by atoms with Crippen LogP contribution in [0, 0.1) is 0 Å². The summed E-state index contributed by atoms with van der Waals surface area (Å²) in [5.74, 6) is 0. The van der Waals surface area contributed by atoms with Crippen molar-refractivity contribution in [1.29, 1.82) is 0 Å². The summed E-state index contributed by atoms with van der Waals surface area (Å²) in [7, 11) is 0. The average molecular weight is 564 g/mol. The van der Waals surface area contributed by atoms with E-state index in [0.29, 0.717) is 16.7 Å². The lowest BCUT2D eigenvalue weighted by molar-refractivity contribution is 0.258. The van der Waals surface area contributed by atoms with E-state index in [4.69, 9.17) is 44.1 Å². The van der Waals surface area contributed by atoms with Crippen LogP contribution in [0.25, 0.3) is 0 Å². The molecule has 0 saturated heterocycles. The first kappa shape index (κ1) is 20.9. The van der Waals surface area contributed by atoms with E-state index < -0.39 is 8.63 Å². The predicted octanol–water partition coefficient (Wildman–Crippen LogP) is 6.60. The molecule has 1 aromatic carbocycles. The maximum absolute atomic E-state index is 6.07. The number of alkyl halides is 3. The van der Waals surface area contributed by atoms with Crippen molar-refractivity contribution in [3.63, 3.8) is 0 Å². The van der Waals surface area contributed by atoms with Crippen LogP contribution in [0.2, 0.25) is 10.0 Å². The molecule has 0 amide bonds. The van der Waals surface area contributed by atoms with Crippen molar-refractivity contribution < 1.29 is 9.05 Å². The van der Waals surface area contributed by atoms with Gasteiger partial charge in [-0.1, -0.05) is 84.3 Å². The number of hydrogen-bond acceptors (Lipinski definition) is 3. The first-order chi connectivity index (χ1) is 9.68. The van der Waals surface area contributed by atoms with E-state index in [1.807, 2.05) is 0 Å². The van der Waals surface area contributed by atoms with Crippen LogP contribution in [0.15, 0.2) is 18.2 Å². The third-order valence-corrected chi connectivity index (χ3v) is 6.97. The molecule has 0 aliphatic carbocycles. The average Bonchev–Trinajstić information content (AvgIpc) is 2.39. The Hall–Kier alpha value is 1.81. The summed E-state index contributed by atoms with van der Waals surface area (Å²) in [5, 5.41) is 1.67. The fraction of sp³-hybridized carbons (Fsp3) is 0.500. The monoisotopic (exact) mass is 560 g/mol. The van der Waals surface area contributed by atoms with Gasteiger partial charge in [0.2, 0.25) is 6.49 Å². The van der Waals surface area contributed by atoms with Crippen LogP contribution >= 0.6 is 77.5 Å². The highest BCUT2D eigenvalue weighted by Gasteiger charge is 2.28. The van der Waals surface area contributed by atoms with Crippen LogP contribution in [-0.4, -0.2) is 15.4 Å². The van der Waals surface area contributed by atoms with E-state index in [9.17, 15) is 0 Å². The first-order valence-corrected chi connectivity index (χ1v) is 11.9. The summed E-state index contributed by atoms with van der Waals surface area (Å²) in [6.45, 7) is 0.284. The van der Waals surface area contributed by atoms with Gasteiger partial charge in [0.05, 0.1) is 23.3 Å². The molecule has 0 heterocycles. The Morgan fingerprint density at radius 3 is 2.38 bits per heavy atom. The zero-order valence-electron chi connectivity index (χ0n) is 11.1. The molecule has 0 fully saturated rings. The zero-order chi connectivity index (χ0) is 16.1. The van der Waals surface area contributed by atoms with Gasteiger partial charge in [-0.2, -0.15) is 0 Å². The van der Waals surface area contributed by atoms with E-state index in [1.165, 1.54) is 0 Å². The minimum absolute atomic E-state index is 0.288. The fourth-order valence-corrected chi connectivity index (χ4v) is 4.95. The summed E-state index contributed by atoms with van der Waals surface area (Å²) in [6.07, 6.45) is 1.95. The second-order valence-electron chi connectivity index (χ2n) is 4.17. The lowest BCUT2D eigenvalue weighted by Gasteiger charge is -2.25. The molecule has 120 valence electrons. The van der Waals surface area contributed by atoms with E-state index >= 15 is 0 Å². The molecule has 0 radical (unpaired) electrons. The van der Waals surface area contributed by atoms with Gasteiger partial charge in [0.1, 0.15) is 0 Å². The lowest BCUT2D eigenvalue weighted by Crippen LogP contribution is -2.16. The van der Waals surface area contributed by atoms with Crippen molar-refractivity contribution in [2.24, 2.45) is 0 Å². The molecule has 0 bridgehead atoms. The predicted molar refractivity (Wildman–Crippen MR) is 107 cm³/mol. The van der Waals surface area contributed by atoms with E-state index in [2.05, 4.69) is 54.7 Å². The molecular weight excluding hydrogens is 550 g/mol. The maximum atomic E-state index is 6.07. The van der Waals surface area contributed by atoms with Gasteiger partial charge in [-0.05, 0) is 36.4 Å². The molecule has 1 unspecified atom stereocenters. The summed E-state index contributed by atoms with van der Waals surface area (Å²) in [5.41, 5.74) is 0. The van der Waals surface area contributed by atoms with Gasteiger partial charge >= 0.3 is 0 Å². The van der Waals surface area contributed by atoms with Gasteiger partial charge in [0, 0.05) is 5.30 Å². The van der Waals surface area contributed by atoms with Crippen molar-refractivity contribution in [3.05, 3.63) is 28.2 Å². The van der Waals surface area contributed by atoms with Crippen molar-refractivity contribution >= 4 is 94.6 Å². The highest BCUT2D eigenvalue weighted by Crippen LogP contribution is 2.50. The first-order valence-electron chi connectivity index (χ1n) is 6.09. The van der Waals surface area contributed by atoms with Crippen molar-refractivity contribution in [1.82, 2.24) is 0 Å². The van der Waals surface area contributed by atoms with Crippen LogP contribution in [-0.2, 0) is 20.9 Å². The van der Waals surface area contributed by atoms with Gasteiger partial charge in [-0.15, -0.1) is 0 Å². The Balaban J connectivity index is 2.99. The number of rotatable bonds is 7. The Morgan fingerprint density at radius 1 is 1.19 bits per heavy atom. The molecule has 0 aliphatic rings. The Labute approximate surface area is 165 Å². The third-order valence-electron chi connectivity index (χ3n) is 2.38. The molecule has 21 heavy (non-hydrogen) atoms. The minimum atomic E-state index is -2.64. The topological polar surface area (TPSA) is 18.5 Å². The molecule has 0 aliphatic heterocycles. The normalized spacial score (nSPS) is 15.0. The molecule has 1 aromatic rings. The lowest BCUT2D eigenvalue weighted by atomic mass is 10.4. The van der Waals surface area contributed by atoms with Crippen LogP contribution in [0.4, 0.5) is 0 Å². The molecule has 0 aromatic heterocycles. The van der Waals surface area contributed by atoms with Crippen molar-refractivity contribution in [3.8, 4) is 0 Å². The summed E-state index contributed by atoms with van der Waals surface area (Å²) >= 11 is 27.8. The standard InChI is InChI=1S/C12H14Br3Cl2O2PS/c1-2-3-6-18-20(21,19-8-12(13,14)15)9-4-5-10(16)11(17)7-9/h4-5,7H,2-3,6,8H2,1H3. The number of unbranched alkanes of at least 4 members (excludes halogenated alkanes) is 1. The molecule has 1 atom stereocenters. The quantitative estimate of drug-likeness (QED) is 0.212. The third kappa shape index (κ3) is 7.49. The maximum Gasteiger partial charge on any atom is 0.219 e. The Bertz CT molecular complexity index is 526.